The Hall–Kier alpha value is -0.860. The number of nitrogens with one attached hydrogen (secondary N) is 1. The van der Waals surface area contributed by atoms with Crippen LogP contribution in [0.15, 0.2) is 30.3 Å². The second-order valence-corrected chi connectivity index (χ2v) is 7.10. The van der Waals surface area contributed by atoms with Crippen molar-refractivity contribution in [2.24, 2.45) is 0 Å². The molecular formula is C18H28N2. The smallest absolute Gasteiger partial charge is 0.0535 e. The molecule has 1 aliphatic heterocycles. The average molecular weight is 272 g/mol. The van der Waals surface area contributed by atoms with Crippen LogP contribution in [-0.2, 0) is 5.54 Å². The quantitative estimate of drug-likeness (QED) is 0.886. The Balaban J connectivity index is 1.79. The number of hydrogen-bond acceptors (Lipinski definition) is 2. The molecule has 0 bridgehead atoms. The number of benzene rings is 1. The minimum atomic E-state index is 0.0972. The Morgan fingerprint density at radius 3 is 2.40 bits per heavy atom. The van der Waals surface area contributed by atoms with Gasteiger partial charge in [0.25, 0.3) is 0 Å². The highest BCUT2D eigenvalue weighted by Crippen LogP contribution is 2.36. The van der Waals surface area contributed by atoms with Crippen LogP contribution in [0.1, 0.15) is 51.5 Å². The average Bonchev–Trinajstić information content (AvgIpc) is 2.49. The van der Waals surface area contributed by atoms with Gasteiger partial charge < -0.3 is 5.32 Å². The molecule has 2 fully saturated rings. The van der Waals surface area contributed by atoms with Gasteiger partial charge in [-0.05, 0) is 32.3 Å². The Morgan fingerprint density at radius 2 is 1.70 bits per heavy atom. The lowest BCUT2D eigenvalue weighted by Crippen LogP contribution is -2.62. The van der Waals surface area contributed by atoms with E-state index < -0.39 is 0 Å². The lowest BCUT2D eigenvalue weighted by Gasteiger charge is -2.51. The van der Waals surface area contributed by atoms with Gasteiger partial charge in [0, 0.05) is 25.2 Å². The Kier molecular flexibility index (Phi) is 3.87. The molecule has 1 saturated heterocycles. The zero-order chi connectivity index (χ0) is 14.1. The summed E-state index contributed by atoms with van der Waals surface area (Å²) in [6, 6.07) is 10.9. The number of nitrogens with zero attached hydrogens (tertiary/aromatic N) is 1. The molecule has 0 spiro atoms. The molecular weight excluding hydrogens is 244 g/mol. The third kappa shape index (κ3) is 2.64. The van der Waals surface area contributed by atoms with Gasteiger partial charge in [-0.2, -0.15) is 0 Å². The summed E-state index contributed by atoms with van der Waals surface area (Å²) in [5.41, 5.74) is 1.94. The van der Waals surface area contributed by atoms with Crippen LogP contribution < -0.4 is 5.32 Å². The molecule has 0 amide bonds. The predicted octanol–water partition coefficient (Wildman–Crippen LogP) is 3.53. The van der Waals surface area contributed by atoms with Gasteiger partial charge in [-0.15, -0.1) is 0 Å². The fourth-order valence-electron chi connectivity index (χ4n) is 4.07. The molecule has 110 valence electrons. The number of piperazine rings is 1. The van der Waals surface area contributed by atoms with Crippen molar-refractivity contribution in [2.75, 3.05) is 19.6 Å². The van der Waals surface area contributed by atoms with Gasteiger partial charge in [0.2, 0.25) is 0 Å². The van der Waals surface area contributed by atoms with Gasteiger partial charge in [0.05, 0.1) is 5.54 Å². The molecule has 2 aliphatic rings. The van der Waals surface area contributed by atoms with Crippen LogP contribution in [0.2, 0.25) is 0 Å². The molecule has 20 heavy (non-hydrogen) atoms. The SMILES string of the molecule is CC1(c2ccccc2)CN(C2(C)CCCCC2)CCN1. The summed E-state index contributed by atoms with van der Waals surface area (Å²) in [5, 5.41) is 3.76. The van der Waals surface area contributed by atoms with Crippen LogP contribution in [-0.4, -0.2) is 30.1 Å². The maximum Gasteiger partial charge on any atom is 0.0535 e. The molecule has 0 radical (unpaired) electrons. The van der Waals surface area contributed by atoms with Gasteiger partial charge in [-0.1, -0.05) is 49.6 Å². The van der Waals surface area contributed by atoms with Gasteiger partial charge in [0.1, 0.15) is 0 Å². The first-order valence-electron chi connectivity index (χ1n) is 8.18. The lowest BCUT2D eigenvalue weighted by molar-refractivity contribution is 0.0158. The van der Waals surface area contributed by atoms with Gasteiger partial charge in [-0.3, -0.25) is 4.90 Å². The summed E-state index contributed by atoms with van der Waals surface area (Å²) in [6.07, 6.45) is 6.98. The van der Waals surface area contributed by atoms with Crippen molar-refractivity contribution >= 4 is 0 Å². The Bertz CT molecular complexity index is 436. The zero-order valence-electron chi connectivity index (χ0n) is 13.0. The van der Waals surface area contributed by atoms with E-state index >= 15 is 0 Å². The molecule has 1 aromatic carbocycles. The topological polar surface area (TPSA) is 15.3 Å². The normalized spacial score (nSPS) is 31.1. The van der Waals surface area contributed by atoms with E-state index in [1.54, 1.807) is 0 Å². The molecule has 0 aromatic heterocycles. The van der Waals surface area contributed by atoms with Crippen molar-refractivity contribution < 1.29 is 0 Å². The molecule has 3 rings (SSSR count). The fourth-order valence-corrected chi connectivity index (χ4v) is 4.07. The summed E-state index contributed by atoms with van der Waals surface area (Å²) in [6.45, 7) is 8.27. The van der Waals surface area contributed by atoms with Gasteiger partial charge >= 0.3 is 0 Å². The standard InChI is InChI=1S/C18H28N2/c1-17(11-7-4-8-12-17)20-14-13-19-18(2,15-20)16-9-5-3-6-10-16/h3,5-6,9-10,19H,4,7-8,11-15H2,1-2H3. The minimum Gasteiger partial charge on any atom is -0.305 e. The minimum absolute atomic E-state index is 0.0972. The zero-order valence-corrected chi connectivity index (χ0v) is 13.0. The summed E-state index contributed by atoms with van der Waals surface area (Å²) >= 11 is 0. The second-order valence-electron chi connectivity index (χ2n) is 7.10. The molecule has 1 N–H and O–H groups in total. The molecule has 1 aliphatic carbocycles. The van der Waals surface area contributed by atoms with Crippen LogP contribution in [0.5, 0.6) is 0 Å². The molecule has 1 heterocycles. The maximum absolute atomic E-state index is 3.76. The first kappa shape index (κ1) is 14.1. The third-order valence-corrected chi connectivity index (χ3v) is 5.51. The maximum atomic E-state index is 3.76. The summed E-state index contributed by atoms with van der Waals surface area (Å²) in [4.78, 5) is 2.76. The highest BCUT2D eigenvalue weighted by atomic mass is 15.3. The van der Waals surface area contributed by atoms with E-state index in [-0.39, 0.29) is 5.54 Å². The molecule has 2 nitrogen and oxygen atoms in total. The van der Waals surface area contributed by atoms with Gasteiger partial charge in [-0.25, -0.2) is 0 Å². The Labute approximate surface area is 123 Å². The first-order valence-corrected chi connectivity index (χ1v) is 8.18. The molecule has 1 unspecified atom stereocenters. The lowest BCUT2D eigenvalue weighted by atomic mass is 9.79. The van der Waals surface area contributed by atoms with Crippen LogP contribution in [0, 0.1) is 0 Å². The summed E-state index contributed by atoms with van der Waals surface area (Å²) < 4.78 is 0. The molecule has 1 aromatic rings. The van der Waals surface area contributed by atoms with Crippen molar-refractivity contribution in [3.63, 3.8) is 0 Å². The predicted molar refractivity (Wildman–Crippen MR) is 84.9 cm³/mol. The van der Waals surface area contributed by atoms with Crippen LogP contribution in [0.4, 0.5) is 0 Å². The van der Waals surface area contributed by atoms with Crippen molar-refractivity contribution in [1.29, 1.82) is 0 Å². The molecule has 2 heteroatoms. The summed E-state index contributed by atoms with van der Waals surface area (Å²) in [5.74, 6) is 0. The van der Waals surface area contributed by atoms with Crippen LogP contribution in [0.3, 0.4) is 0 Å². The fraction of sp³-hybridized carbons (Fsp3) is 0.667. The largest absolute Gasteiger partial charge is 0.305 e. The van der Waals surface area contributed by atoms with E-state index in [9.17, 15) is 0 Å². The van der Waals surface area contributed by atoms with Crippen molar-refractivity contribution in [2.45, 2.75) is 57.0 Å². The van der Waals surface area contributed by atoms with Crippen LogP contribution >= 0.6 is 0 Å². The van der Waals surface area contributed by atoms with Crippen molar-refractivity contribution in [1.82, 2.24) is 10.2 Å². The van der Waals surface area contributed by atoms with E-state index in [2.05, 4.69) is 54.4 Å². The third-order valence-electron chi connectivity index (χ3n) is 5.51. The van der Waals surface area contributed by atoms with E-state index in [0.717, 1.165) is 13.1 Å². The number of rotatable bonds is 2. The molecule has 1 atom stereocenters. The van der Waals surface area contributed by atoms with E-state index in [4.69, 9.17) is 0 Å². The molecule has 1 saturated carbocycles. The van der Waals surface area contributed by atoms with Crippen molar-refractivity contribution in [3.8, 4) is 0 Å². The highest BCUT2D eigenvalue weighted by Gasteiger charge is 2.40. The monoisotopic (exact) mass is 272 g/mol. The summed E-state index contributed by atoms with van der Waals surface area (Å²) in [7, 11) is 0. The van der Waals surface area contributed by atoms with E-state index in [0.29, 0.717) is 5.54 Å². The highest BCUT2D eigenvalue weighted by molar-refractivity contribution is 5.25. The van der Waals surface area contributed by atoms with E-state index in [1.807, 2.05) is 0 Å². The number of hydrogen-bond donors (Lipinski definition) is 1. The Morgan fingerprint density at radius 1 is 1.00 bits per heavy atom. The van der Waals surface area contributed by atoms with Gasteiger partial charge in [0.15, 0.2) is 0 Å². The van der Waals surface area contributed by atoms with E-state index in [1.165, 1.54) is 44.2 Å². The second kappa shape index (κ2) is 5.50. The van der Waals surface area contributed by atoms with Crippen LogP contribution in [0.25, 0.3) is 0 Å². The first-order chi connectivity index (χ1) is 9.62. The van der Waals surface area contributed by atoms with Crippen molar-refractivity contribution in [3.05, 3.63) is 35.9 Å².